The lowest BCUT2D eigenvalue weighted by Gasteiger charge is -2.05. The number of unbranched alkanes of at least 4 members (excludes halogenated alkanes) is 2. The highest BCUT2D eigenvalue weighted by Crippen LogP contribution is 2.35. The predicted molar refractivity (Wildman–Crippen MR) is 110 cm³/mol. The molecule has 1 aromatic carbocycles. The first-order chi connectivity index (χ1) is 13.8. The Labute approximate surface area is 163 Å². The maximum Gasteiger partial charge on any atom is 0.123 e. The summed E-state index contributed by atoms with van der Waals surface area (Å²) >= 11 is 0. The molecule has 0 amide bonds. The molecule has 4 rings (SSSR count). The van der Waals surface area contributed by atoms with Gasteiger partial charge in [-0.25, -0.2) is 8.91 Å². The molecule has 0 saturated carbocycles. The smallest absolute Gasteiger partial charge is 0.123 e. The van der Waals surface area contributed by atoms with Crippen molar-refractivity contribution in [2.45, 2.75) is 25.7 Å². The Morgan fingerprint density at radius 2 is 1.64 bits per heavy atom. The van der Waals surface area contributed by atoms with Crippen molar-refractivity contribution in [1.82, 2.24) is 14.6 Å². The van der Waals surface area contributed by atoms with Gasteiger partial charge in [-0.1, -0.05) is 12.5 Å². The first-order valence-corrected chi connectivity index (χ1v) is 9.64. The van der Waals surface area contributed by atoms with Gasteiger partial charge in [0, 0.05) is 29.7 Å². The number of aryl methyl sites for hydroxylation is 1. The molecule has 0 radical (unpaired) electrons. The molecular formula is C23H23FN4. The van der Waals surface area contributed by atoms with Crippen molar-refractivity contribution in [1.29, 1.82) is 0 Å². The summed E-state index contributed by atoms with van der Waals surface area (Å²) in [6.45, 7) is 0.745. The van der Waals surface area contributed by atoms with Gasteiger partial charge in [-0.15, -0.1) is 0 Å². The molecule has 5 heteroatoms. The number of rotatable bonds is 7. The van der Waals surface area contributed by atoms with Gasteiger partial charge in [-0.05, 0) is 79.4 Å². The summed E-state index contributed by atoms with van der Waals surface area (Å²) in [5.74, 6) is -0.252. The number of halogens is 1. The Bertz CT molecular complexity index is 1060. The van der Waals surface area contributed by atoms with Gasteiger partial charge < -0.3 is 5.73 Å². The minimum absolute atomic E-state index is 0.252. The Morgan fingerprint density at radius 3 is 2.39 bits per heavy atom. The van der Waals surface area contributed by atoms with Crippen molar-refractivity contribution in [3.8, 4) is 22.4 Å². The van der Waals surface area contributed by atoms with E-state index < -0.39 is 0 Å². The van der Waals surface area contributed by atoms with Crippen LogP contribution in [0, 0.1) is 5.82 Å². The number of benzene rings is 1. The average Bonchev–Trinajstić information content (AvgIpc) is 3.11. The quantitative estimate of drug-likeness (QED) is 0.469. The zero-order chi connectivity index (χ0) is 19.3. The van der Waals surface area contributed by atoms with Crippen LogP contribution < -0.4 is 5.73 Å². The minimum Gasteiger partial charge on any atom is -0.330 e. The lowest BCUT2D eigenvalue weighted by atomic mass is 10.0. The third kappa shape index (κ3) is 3.80. The van der Waals surface area contributed by atoms with Crippen LogP contribution in [0.1, 0.15) is 24.8 Å². The summed E-state index contributed by atoms with van der Waals surface area (Å²) < 4.78 is 15.4. The van der Waals surface area contributed by atoms with Crippen LogP contribution in [0.25, 0.3) is 27.9 Å². The summed E-state index contributed by atoms with van der Waals surface area (Å²) in [7, 11) is 0. The fourth-order valence-corrected chi connectivity index (χ4v) is 3.50. The SMILES string of the molecule is NCCCCCc1ccc2c(-c3ccncc3)c(-c3ccc(F)cc3)nn2c1. The van der Waals surface area contributed by atoms with Gasteiger partial charge in [-0.3, -0.25) is 4.98 Å². The topological polar surface area (TPSA) is 56.2 Å². The van der Waals surface area contributed by atoms with E-state index in [9.17, 15) is 4.39 Å². The van der Waals surface area contributed by atoms with E-state index in [4.69, 9.17) is 10.8 Å². The molecule has 0 atom stereocenters. The van der Waals surface area contributed by atoms with E-state index in [1.807, 2.05) is 16.6 Å². The Morgan fingerprint density at radius 1 is 0.857 bits per heavy atom. The molecule has 0 aliphatic heterocycles. The molecule has 0 aliphatic carbocycles. The second-order valence-corrected chi connectivity index (χ2v) is 6.93. The van der Waals surface area contributed by atoms with Crippen LogP contribution in [-0.4, -0.2) is 21.1 Å². The second kappa shape index (κ2) is 8.31. The molecule has 0 aliphatic rings. The molecule has 142 valence electrons. The third-order valence-electron chi connectivity index (χ3n) is 4.95. The highest BCUT2D eigenvalue weighted by Gasteiger charge is 2.16. The second-order valence-electron chi connectivity index (χ2n) is 6.93. The van der Waals surface area contributed by atoms with Gasteiger partial charge in [0.15, 0.2) is 0 Å². The van der Waals surface area contributed by atoms with E-state index >= 15 is 0 Å². The summed E-state index contributed by atoms with van der Waals surface area (Å²) in [6.07, 6.45) is 9.97. The molecule has 0 spiro atoms. The van der Waals surface area contributed by atoms with Gasteiger partial charge in [-0.2, -0.15) is 5.10 Å². The molecule has 0 fully saturated rings. The van der Waals surface area contributed by atoms with Gasteiger partial charge in [0.25, 0.3) is 0 Å². The van der Waals surface area contributed by atoms with Gasteiger partial charge in [0.2, 0.25) is 0 Å². The maximum absolute atomic E-state index is 13.4. The molecule has 0 unspecified atom stereocenters. The van der Waals surface area contributed by atoms with Crippen LogP contribution >= 0.6 is 0 Å². The highest BCUT2D eigenvalue weighted by molar-refractivity contribution is 5.92. The maximum atomic E-state index is 13.4. The van der Waals surface area contributed by atoms with E-state index in [1.54, 1.807) is 24.5 Å². The van der Waals surface area contributed by atoms with Crippen molar-refractivity contribution in [2.75, 3.05) is 6.54 Å². The minimum atomic E-state index is -0.252. The molecule has 28 heavy (non-hydrogen) atoms. The normalized spacial score (nSPS) is 11.2. The van der Waals surface area contributed by atoms with E-state index in [1.165, 1.54) is 17.7 Å². The standard InChI is InChI=1S/C23H23FN4/c24-20-8-6-19(7-9-20)23-22(18-11-14-26-15-12-18)21-10-5-17(16-28(21)27-23)4-2-1-3-13-25/h5-12,14-16H,1-4,13,25H2. The zero-order valence-corrected chi connectivity index (χ0v) is 15.7. The molecule has 2 N–H and O–H groups in total. The lowest BCUT2D eigenvalue weighted by molar-refractivity contribution is 0.628. The number of aromatic nitrogens is 3. The van der Waals surface area contributed by atoms with Crippen LogP contribution in [0.3, 0.4) is 0 Å². The van der Waals surface area contributed by atoms with Crippen LogP contribution in [-0.2, 0) is 6.42 Å². The van der Waals surface area contributed by atoms with Crippen molar-refractivity contribution >= 4 is 5.52 Å². The van der Waals surface area contributed by atoms with E-state index in [-0.39, 0.29) is 5.82 Å². The first kappa shape index (κ1) is 18.3. The number of nitrogens with zero attached hydrogens (tertiary/aromatic N) is 3. The highest BCUT2D eigenvalue weighted by atomic mass is 19.1. The van der Waals surface area contributed by atoms with E-state index in [0.717, 1.165) is 60.1 Å². The van der Waals surface area contributed by atoms with Gasteiger partial charge in [0.05, 0.1) is 5.52 Å². The number of hydrogen-bond donors (Lipinski definition) is 1. The number of fused-ring (bicyclic) bond motifs is 1. The fraction of sp³-hybridized carbons (Fsp3) is 0.217. The van der Waals surface area contributed by atoms with Gasteiger partial charge in [0.1, 0.15) is 11.5 Å². The van der Waals surface area contributed by atoms with E-state index in [2.05, 4.69) is 23.3 Å². The van der Waals surface area contributed by atoms with Crippen molar-refractivity contribution in [3.63, 3.8) is 0 Å². The van der Waals surface area contributed by atoms with E-state index in [0.29, 0.717) is 0 Å². The van der Waals surface area contributed by atoms with Crippen LogP contribution in [0.2, 0.25) is 0 Å². The summed E-state index contributed by atoms with van der Waals surface area (Å²) in [5, 5.41) is 4.85. The summed E-state index contributed by atoms with van der Waals surface area (Å²) in [4.78, 5) is 4.13. The first-order valence-electron chi connectivity index (χ1n) is 9.64. The monoisotopic (exact) mass is 374 g/mol. The average molecular weight is 374 g/mol. The number of pyridine rings is 2. The number of hydrogen-bond acceptors (Lipinski definition) is 3. The van der Waals surface area contributed by atoms with Gasteiger partial charge >= 0.3 is 0 Å². The largest absolute Gasteiger partial charge is 0.330 e. The Hall–Kier alpha value is -3.05. The van der Waals surface area contributed by atoms with Crippen molar-refractivity contribution < 1.29 is 4.39 Å². The zero-order valence-electron chi connectivity index (χ0n) is 15.7. The molecule has 4 aromatic rings. The lowest BCUT2D eigenvalue weighted by Crippen LogP contribution is -1.98. The van der Waals surface area contributed by atoms with Crippen LogP contribution in [0.4, 0.5) is 4.39 Å². The molecule has 0 saturated heterocycles. The molecular weight excluding hydrogens is 351 g/mol. The molecule has 4 nitrogen and oxygen atoms in total. The number of nitrogens with two attached hydrogens (primary N) is 1. The molecule has 3 heterocycles. The van der Waals surface area contributed by atoms with Crippen LogP contribution in [0.5, 0.6) is 0 Å². The molecule has 3 aromatic heterocycles. The van der Waals surface area contributed by atoms with Crippen molar-refractivity contribution in [3.05, 3.63) is 78.5 Å². The van der Waals surface area contributed by atoms with Crippen molar-refractivity contribution in [2.24, 2.45) is 5.73 Å². The predicted octanol–water partition coefficient (Wildman–Crippen LogP) is 4.87. The third-order valence-corrected chi connectivity index (χ3v) is 4.95. The van der Waals surface area contributed by atoms with Crippen LogP contribution in [0.15, 0.2) is 67.1 Å². The molecule has 0 bridgehead atoms. The summed E-state index contributed by atoms with van der Waals surface area (Å²) in [6, 6.07) is 14.7. The fourth-order valence-electron chi connectivity index (χ4n) is 3.50. The Kier molecular flexibility index (Phi) is 5.44. The summed E-state index contributed by atoms with van der Waals surface area (Å²) in [5.41, 5.74) is 11.7. The Balaban J connectivity index is 1.79.